The number of esters is 1. The molecule has 1 unspecified atom stereocenters. The Morgan fingerprint density at radius 1 is 1.18 bits per heavy atom. The molecule has 6 nitrogen and oxygen atoms in total. The molecule has 0 bridgehead atoms. The van der Waals surface area contributed by atoms with E-state index in [9.17, 15) is 18.8 Å². The Kier molecular flexibility index (Phi) is 6.03. The lowest BCUT2D eigenvalue weighted by molar-refractivity contribution is -0.122. The van der Waals surface area contributed by atoms with E-state index >= 15 is 0 Å². The van der Waals surface area contributed by atoms with Crippen LogP contribution in [0.2, 0.25) is 0 Å². The topological polar surface area (TPSA) is 75.7 Å². The smallest absolute Gasteiger partial charge is 0.338 e. The number of para-hydroxylation sites is 1. The van der Waals surface area contributed by atoms with Crippen LogP contribution in [-0.4, -0.2) is 30.9 Å². The van der Waals surface area contributed by atoms with Gasteiger partial charge in [-0.3, -0.25) is 9.59 Å². The molecule has 2 amide bonds. The van der Waals surface area contributed by atoms with E-state index in [4.69, 9.17) is 4.74 Å². The Bertz CT molecular complexity index is 882. The lowest BCUT2D eigenvalue weighted by atomic mass is 10.1. The van der Waals surface area contributed by atoms with E-state index in [0.717, 1.165) is 6.42 Å². The molecule has 146 valence electrons. The Labute approximate surface area is 162 Å². The predicted octanol–water partition coefficient (Wildman–Crippen LogP) is 3.38. The average Bonchev–Trinajstić information content (AvgIpc) is 3.08. The first-order valence-electron chi connectivity index (χ1n) is 9.12. The van der Waals surface area contributed by atoms with Crippen molar-refractivity contribution in [3.8, 4) is 0 Å². The van der Waals surface area contributed by atoms with Crippen molar-refractivity contribution in [3.63, 3.8) is 0 Å². The Morgan fingerprint density at radius 2 is 1.89 bits per heavy atom. The van der Waals surface area contributed by atoms with E-state index in [1.807, 2.05) is 6.92 Å². The summed E-state index contributed by atoms with van der Waals surface area (Å²) in [6.45, 7) is 2.38. The third kappa shape index (κ3) is 4.36. The molecule has 1 aliphatic rings. The van der Waals surface area contributed by atoms with Crippen LogP contribution in [0.25, 0.3) is 0 Å². The lowest BCUT2D eigenvalue weighted by Gasteiger charge is -2.17. The molecule has 0 aromatic heterocycles. The number of halogens is 1. The van der Waals surface area contributed by atoms with Gasteiger partial charge in [0.1, 0.15) is 5.82 Å². The number of nitrogens with zero attached hydrogens (tertiary/aromatic N) is 1. The molecule has 1 heterocycles. The van der Waals surface area contributed by atoms with Crippen LogP contribution >= 0.6 is 0 Å². The lowest BCUT2D eigenvalue weighted by Crippen LogP contribution is -2.28. The summed E-state index contributed by atoms with van der Waals surface area (Å²) in [5, 5.41) is 2.74. The summed E-state index contributed by atoms with van der Waals surface area (Å²) < 4.78 is 19.0. The maximum Gasteiger partial charge on any atom is 0.338 e. The second kappa shape index (κ2) is 8.65. The molecule has 0 radical (unpaired) electrons. The van der Waals surface area contributed by atoms with Gasteiger partial charge >= 0.3 is 5.97 Å². The number of nitrogens with one attached hydrogen (secondary N) is 1. The monoisotopic (exact) mass is 384 g/mol. The first-order valence-corrected chi connectivity index (χ1v) is 9.12. The second-order valence-corrected chi connectivity index (χ2v) is 6.56. The van der Waals surface area contributed by atoms with Crippen LogP contribution in [0, 0.1) is 11.7 Å². The summed E-state index contributed by atoms with van der Waals surface area (Å²) in [5.74, 6) is -2.11. The Hall–Kier alpha value is -3.22. The minimum atomic E-state index is -0.582. The normalized spacial score (nSPS) is 16.1. The molecule has 2 aromatic carbocycles. The average molecular weight is 384 g/mol. The minimum Gasteiger partial charge on any atom is -0.462 e. The van der Waals surface area contributed by atoms with Gasteiger partial charge in [0.25, 0.3) is 0 Å². The van der Waals surface area contributed by atoms with Crippen molar-refractivity contribution in [2.75, 3.05) is 23.4 Å². The number of benzene rings is 2. The van der Waals surface area contributed by atoms with E-state index in [-0.39, 0.29) is 30.5 Å². The molecule has 28 heavy (non-hydrogen) atoms. The molecule has 1 atom stereocenters. The molecule has 1 N–H and O–H groups in total. The molecule has 0 aliphatic carbocycles. The fraction of sp³-hybridized carbons (Fsp3) is 0.286. The van der Waals surface area contributed by atoms with Crippen LogP contribution in [0.15, 0.2) is 48.5 Å². The fourth-order valence-electron chi connectivity index (χ4n) is 3.00. The van der Waals surface area contributed by atoms with Gasteiger partial charge in [0.2, 0.25) is 11.8 Å². The van der Waals surface area contributed by atoms with Gasteiger partial charge in [-0.15, -0.1) is 0 Å². The van der Waals surface area contributed by atoms with Crippen LogP contribution in [0.3, 0.4) is 0 Å². The van der Waals surface area contributed by atoms with Gasteiger partial charge in [0.15, 0.2) is 0 Å². The van der Waals surface area contributed by atoms with Gasteiger partial charge in [-0.2, -0.15) is 0 Å². The quantitative estimate of drug-likeness (QED) is 0.775. The largest absolute Gasteiger partial charge is 0.462 e. The molecule has 3 rings (SSSR count). The van der Waals surface area contributed by atoms with Crippen molar-refractivity contribution < 1.29 is 23.5 Å². The molecule has 7 heteroatoms. The molecule has 0 spiro atoms. The van der Waals surface area contributed by atoms with Crippen LogP contribution in [0.1, 0.15) is 30.1 Å². The molecule has 1 aliphatic heterocycles. The van der Waals surface area contributed by atoms with E-state index in [2.05, 4.69) is 5.32 Å². The number of anilines is 2. The highest BCUT2D eigenvalue weighted by Gasteiger charge is 2.36. The van der Waals surface area contributed by atoms with E-state index in [1.54, 1.807) is 36.4 Å². The summed E-state index contributed by atoms with van der Waals surface area (Å²) in [7, 11) is 0. The van der Waals surface area contributed by atoms with Crippen LogP contribution in [0.4, 0.5) is 15.8 Å². The molecular weight excluding hydrogens is 363 g/mol. The van der Waals surface area contributed by atoms with Gasteiger partial charge in [0, 0.05) is 18.7 Å². The Morgan fingerprint density at radius 3 is 2.57 bits per heavy atom. The zero-order valence-electron chi connectivity index (χ0n) is 15.5. The number of amides is 2. The highest BCUT2D eigenvalue weighted by Crippen LogP contribution is 2.28. The molecule has 0 saturated carbocycles. The first-order chi connectivity index (χ1) is 13.5. The van der Waals surface area contributed by atoms with Crippen LogP contribution < -0.4 is 10.2 Å². The van der Waals surface area contributed by atoms with Gasteiger partial charge in [-0.05, 0) is 42.8 Å². The predicted molar refractivity (Wildman–Crippen MR) is 103 cm³/mol. The van der Waals surface area contributed by atoms with E-state index < -0.39 is 17.7 Å². The number of hydrogen-bond donors (Lipinski definition) is 1. The van der Waals surface area contributed by atoms with Gasteiger partial charge in [0.05, 0.1) is 23.8 Å². The van der Waals surface area contributed by atoms with Gasteiger partial charge in [-0.25, -0.2) is 9.18 Å². The van der Waals surface area contributed by atoms with Gasteiger partial charge in [-0.1, -0.05) is 19.1 Å². The summed E-state index contributed by atoms with van der Waals surface area (Å²) in [6.07, 6.45) is 0.755. The zero-order valence-corrected chi connectivity index (χ0v) is 15.5. The summed E-state index contributed by atoms with van der Waals surface area (Å²) in [5.41, 5.74) is 1.08. The van der Waals surface area contributed by atoms with E-state index in [0.29, 0.717) is 17.9 Å². The third-order valence-electron chi connectivity index (χ3n) is 4.46. The molecule has 2 aromatic rings. The van der Waals surface area contributed by atoms with Crippen molar-refractivity contribution in [2.45, 2.75) is 19.8 Å². The SMILES string of the molecule is CCCOC(=O)c1ccc(NC(=O)C2CC(=O)N(c3ccccc3F)C2)cc1. The standard InChI is InChI=1S/C21H21FN2O4/c1-2-11-28-21(27)14-7-9-16(10-8-14)23-20(26)15-12-19(25)24(13-15)18-6-4-3-5-17(18)22/h3-10,15H,2,11-13H2,1H3,(H,23,26). The molecular formula is C21H21FN2O4. The highest BCUT2D eigenvalue weighted by molar-refractivity contribution is 6.03. The minimum absolute atomic E-state index is 0.0155. The fourth-order valence-corrected chi connectivity index (χ4v) is 3.00. The summed E-state index contributed by atoms with van der Waals surface area (Å²) in [6, 6.07) is 12.3. The van der Waals surface area contributed by atoms with Crippen molar-refractivity contribution in [3.05, 3.63) is 59.9 Å². The number of hydrogen-bond acceptors (Lipinski definition) is 4. The molecule has 1 fully saturated rings. The van der Waals surface area contributed by atoms with Crippen molar-refractivity contribution >= 4 is 29.2 Å². The first kappa shape index (κ1) is 19.5. The zero-order chi connectivity index (χ0) is 20.1. The van der Waals surface area contributed by atoms with Crippen molar-refractivity contribution in [1.82, 2.24) is 0 Å². The molecule has 1 saturated heterocycles. The number of carbonyl (C=O) groups is 3. The highest BCUT2D eigenvalue weighted by atomic mass is 19.1. The number of rotatable bonds is 6. The second-order valence-electron chi connectivity index (χ2n) is 6.56. The number of ether oxygens (including phenoxy) is 1. The van der Waals surface area contributed by atoms with E-state index in [1.165, 1.54) is 17.0 Å². The van der Waals surface area contributed by atoms with Crippen molar-refractivity contribution in [1.29, 1.82) is 0 Å². The third-order valence-corrected chi connectivity index (χ3v) is 4.46. The van der Waals surface area contributed by atoms with Crippen LogP contribution in [0.5, 0.6) is 0 Å². The van der Waals surface area contributed by atoms with Gasteiger partial charge < -0.3 is 15.0 Å². The maximum atomic E-state index is 13.9. The summed E-state index contributed by atoms with van der Waals surface area (Å²) in [4.78, 5) is 37.8. The van der Waals surface area contributed by atoms with Crippen molar-refractivity contribution in [2.24, 2.45) is 5.92 Å². The summed E-state index contributed by atoms with van der Waals surface area (Å²) >= 11 is 0. The van der Waals surface area contributed by atoms with Crippen LogP contribution in [-0.2, 0) is 14.3 Å². The number of carbonyl (C=O) groups excluding carboxylic acids is 3. The maximum absolute atomic E-state index is 13.9. The Balaban J connectivity index is 1.62.